The van der Waals surface area contributed by atoms with Crippen LogP contribution < -0.4 is 5.73 Å². The fourth-order valence-corrected chi connectivity index (χ4v) is 3.43. The van der Waals surface area contributed by atoms with Crippen LogP contribution in [0.5, 0.6) is 0 Å². The van der Waals surface area contributed by atoms with Gasteiger partial charge >= 0.3 is 0 Å². The highest BCUT2D eigenvalue weighted by Crippen LogP contribution is 2.25. The zero-order valence-electron chi connectivity index (χ0n) is 7.86. The Kier molecular flexibility index (Phi) is 2.33. The fraction of sp³-hybridized carbons (Fsp3) is 0.400. The van der Waals surface area contributed by atoms with Crippen LogP contribution in [0.3, 0.4) is 0 Å². The van der Waals surface area contributed by atoms with Crippen molar-refractivity contribution in [3.8, 4) is 0 Å². The molecule has 76 valence electrons. The van der Waals surface area contributed by atoms with Crippen molar-refractivity contribution in [2.45, 2.75) is 24.3 Å². The van der Waals surface area contributed by atoms with Gasteiger partial charge in [0.2, 0.25) is 0 Å². The number of fused-ring (bicyclic) bond motifs is 1. The highest BCUT2D eigenvalue weighted by Gasteiger charge is 2.23. The predicted molar refractivity (Wildman–Crippen MR) is 54.7 cm³/mol. The third-order valence-electron chi connectivity index (χ3n) is 2.56. The minimum atomic E-state index is -3.03. The maximum Gasteiger partial charge on any atom is 0.178 e. The molecule has 0 fully saturated rings. The molecule has 1 aromatic rings. The van der Waals surface area contributed by atoms with Crippen molar-refractivity contribution in [3.63, 3.8) is 0 Å². The zero-order chi connectivity index (χ0) is 10.2. The summed E-state index contributed by atoms with van der Waals surface area (Å²) in [5.41, 5.74) is 7.30. The second-order valence-corrected chi connectivity index (χ2v) is 5.65. The minimum absolute atomic E-state index is 0.272. The average Bonchev–Trinajstić information content (AvgIpc) is 2.17. The highest BCUT2D eigenvalue weighted by molar-refractivity contribution is 7.91. The third kappa shape index (κ3) is 1.55. The molecule has 0 saturated carbocycles. The Bertz CT molecular complexity index is 451. The predicted octanol–water partition coefficient (Wildman–Crippen LogP) is 0.865. The standard InChI is InChI=1S/C10H13NO2S/c11-7-8-3-4-9-2-1-5-14(12,13)10(9)6-8/h3-4,6H,1-2,5,7,11H2. The fourth-order valence-electron chi connectivity index (χ4n) is 1.78. The van der Waals surface area contributed by atoms with E-state index in [9.17, 15) is 8.42 Å². The summed E-state index contributed by atoms with van der Waals surface area (Å²) >= 11 is 0. The molecule has 0 aliphatic carbocycles. The molecular formula is C10H13NO2S. The molecular weight excluding hydrogens is 198 g/mol. The van der Waals surface area contributed by atoms with Gasteiger partial charge in [-0.3, -0.25) is 0 Å². The lowest BCUT2D eigenvalue weighted by Gasteiger charge is -2.16. The Morgan fingerprint density at radius 3 is 2.86 bits per heavy atom. The van der Waals surface area contributed by atoms with E-state index in [0.717, 1.165) is 24.0 Å². The molecule has 14 heavy (non-hydrogen) atoms. The Balaban J connectivity index is 2.61. The Morgan fingerprint density at radius 1 is 1.36 bits per heavy atom. The number of nitrogens with two attached hydrogens (primary N) is 1. The normalized spacial score (nSPS) is 18.9. The molecule has 4 heteroatoms. The van der Waals surface area contributed by atoms with E-state index in [-0.39, 0.29) is 5.75 Å². The molecule has 2 rings (SSSR count). The zero-order valence-corrected chi connectivity index (χ0v) is 8.68. The number of sulfone groups is 1. The summed E-state index contributed by atoms with van der Waals surface area (Å²) in [6.45, 7) is 0.392. The summed E-state index contributed by atoms with van der Waals surface area (Å²) in [7, 11) is -3.03. The van der Waals surface area contributed by atoms with Gasteiger partial charge in [-0.2, -0.15) is 0 Å². The van der Waals surface area contributed by atoms with Crippen LogP contribution in [0.2, 0.25) is 0 Å². The van der Waals surface area contributed by atoms with Gasteiger partial charge in [-0.25, -0.2) is 8.42 Å². The van der Waals surface area contributed by atoms with Gasteiger partial charge in [-0.15, -0.1) is 0 Å². The molecule has 1 aliphatic heterocycles. The van der Waals surface area contributed by atoms with Crippen LogP contribution in [-0.4, -0.2) is 14.2 Å². The summed E-state index contributed by atoms with van der Waals surface area (Å²) in [5.74, 6) is 0.272. The van der Waals surface area contributed by atoms with Gasteiger partial charge in [0, 0.05) is 6.54 Å². The van der Waals surface area contributed by atoms with Crippen LogP contribution in [0.4, 0.5) is 0 Å². The van der Waals surface area contributed by atoms with E-state index in [2.05, 4.69) is 0 Å². The van der Waals surface area contributed by atoms with Crippen LogP contribution >= 0.6 is 0 Å². The van der Waals surface area contributed by atoms with Crippen LogP contribution in [0.15, 0.2) is 23.1 Å². The largest absolute Gasteiger partial charge is 0.326 e. The topological polar surface area (TPSA) is 60.2 Å². The molecule has 1 aromatic carbocycles. The summed E-state index contributed by atoms with van der Waals surface area (Å²) in [6.07, 6.45) is 1.59. The summed E-state index contributed by atoms with van der Waals surface area (Å²) in [6, 6.07) is 5.50. The molecule has 0 unspecified atom stereocenters. The van der Waals surface area contributed by atoms with Crippen LogP contribution in [0, 0.1) is 0 Å². The van der Waals surface area contributed by atoms with Crippen LogP contribution in [-0.2, 0) is 22.8 Å². The molecule has 0 amide bonds. The first kappa shape index (κ1) is 9.68. The molecule has 3 nitrogen and oxygen atoms in total. The quantitative estimate of drug-likeness (QED) is 0.749. The van der Waals surface area contributed by atoms with Crippen molar-refractivity contribution in [2.75, 3.05) is 5.75 Å². The first-order valence-electron chi connectivity index (χ1n) is 4.68. The minimum Gasteiger partial charge on any atom is -0.326 e. The van der Waals surface area contributed by atoms with Crippen molar-refractivity contribution < 1.29 is 8.42 Å². The van der Waals surface area contributed by atoms with Crippen molar-refractivity contribution in [3.05, 3.63) is 29.3 Å². The van der Waals surface area contributed by atoms with Crippen molar-refractivity contribution in [1.82, 2.24) is 0 Å². The average molecular weight is 211 g/mol. The van der Waals surface area contributed by atoms with E-state index in [0.29, 0.717) is 11.4 Å². The molecule has 0 saturated heterocycles. The first-order valence-corrected chi connectivity index (χ1v) is 6.33. The molecule has 0 bridgehead atoms. The van der Waals surface area contributed by atoms with E-state index < -0.39 is 9.84 Å². The molecule has 0 aromatic heterocycles. The Labute approximate surface area is 83.9 Å². The van der Waals surface area contributed by atoms with Gasteiger partial charge in [0.15, 0.2) is 9.84 Å². The van der Waals surface area contributed by atoms with Gasteiger partial charge in [0.25, 0.3) is 0 Å². The molecule has 1 heterocycles. The van der Waals surface area contributed by atoms with Gasteiger partial charge < -0.3 is 5.73 Å². The third-order valence-corrected chi connectivity index (χ3v) is 4.44. The van der Waals surface area contributed by atoms with E-state index in [4.69, 9.17) is 5.73 Å². The number of hydrogen-bond acceptors (Lipinski definition) is 3. The SMILES string of the molecule is NCc1ccc2c(c1)S(=O)(=O)CCC2. The number of benzene rings is 1. The number of hydrogen-bond donors (Lipinski definition) is 1. The molecule has 0 spiro atoms. The summed E-state index contributed by atoms with van der Waals surface area (Å²) in [5, 5.41) is 0. The van der Waals surface area contributed by atoms with Crippen molar-refractivity contribution in [1.29, 1.82) is 0 Å². The van der Waals surface area contributed by atoms with E-state index in [1.54, 1.807) is 6.07 Å². The second kappa shape index (κ2) is 3.37. The van der Waals surface area contributed by atoms with Gasteiger partial charge in [-0.1, -0.05) is 12.1 Å². The second-order valence-electron chi connectivity index (χ2n) is 3.57. The maximum atomic E-state index is 11.7. The van der Waals surface area contributed by atoms with Crippen molar-refractivity contribution in [2.24, 2.45) is 5.73 Å². The Hall–Kier alpha value is -0.870. The van der Waals surface area contributed by atoms with Crippen LogP contribution in [0.1, 0.15) is 17.5 Å². The monoisotopic (exact) mass is 211 g/mol. The van der Waals surface area contributed by atoms with E-state index in [1.807, 2.05) is 12.1 Å². The van der Waals surface area contributed by atoms with Gasteiger partial charge in [-0.05, 0) is 30.0 Å². The lowest BCUT2D eigenvalue weighted by molar-refractivity contribution is 0.586. The smallest absolute Gasteiger partial charge is 0.178 e. The van der Waals surface area contributed by atoms with Gasteiger partial charge in [0.05, 0.1) is 10.6 Å². The summed E-state index contributed by atoms with van der Waals surface area (Å²) in [4.78, 5) is 0.492. The van der Waals surface area contributed by atoms with Crippen molar-refractivity contribution >= 4 is 9.84 Å². The highest BCUT2D eigenvalue weighted by atomic mass is 32.2. The molecule has 0 atom stereocenters. The van der Waals surface area contributed by atoms with E-state index in [1.165, 1.54) is 0 Å². The van der Waals surface area contributed by atoms with Gasteiger partial charge in [0.1, 0.15) is 0 Å². The Morgan fingerprint density at radius 2 is 2.14 bits per heavy atom. The molecule has 2 N–H and O–H groups in total. The molecule has 0 radical (unpaired) electrons. The lowest BCUT2D eigenvalue weighted by atomic mass is 10.1. The number of rotatable bonds is 1. The first-order chi connectivity index (χ1) is 6.63. The number of aryl methyl sites for hydroxylation is 1. The lowest BCUT2D eigenvalue weighted by Crippen LogP contribution is -2.16. The molecule has 1 aliphatic rings. The van der Waals surface area contributed by atoms with E-state index >= 15 is 0 Å². The summed E-state index contributed by atoms with van der Waals surface area (Å²) < 4.78 is 23.4. The van der Waals surface area contributed by atoms with Crippen LogP contribution in [0.25, 0.3) is 0 Å². The maximum absolute atomic E-state index is 11.7.